The molecule has 3 N–H and O–H groups in total. The van der Waals surface area contributed by atoms with E-state index in [1.165, 1.54) is 19.2 Å². The largest absolute Gasteiger partial charge is 0.450 e. The molecule has 0 amide bonds. The van der Waals surface area contributed by atoms with Gasteiger partial charge in [0.25, 0.3) is 0 Å². The van der Waals surface area contributed by atoms with Crippen LogP contribution in [0.1, 0.15) is 6.92 Å². The predicted molar refractivity (Wildman–Crippen MR) is 88.1 cm³/mol. The zero-order valence-corrected chi connectivity index (χ0v) is 14.4. The molecule has 2 aliphatic heterocycles. The van der Waals surface area contributed by atoms with Gasteiger partial charge in [-0.1, -0.05) is 13.2 Å². The molecule has 1 fully saturated rings. The van der Waals surface area contributed by atoms with Crippen LogP contribution in [-0.2, 0) is 23.8 Å². The zero-order valence-electron chi connectivity index (χ0n) is 14.4. The minimum absolute atomic E-state index is 0.0286. The number of hydrogen-bond acceptors (Lipinski definition) is 9. The molecule has 0 aromatic heterocycles. The molecule has 0 radical (unpaired) electrons. The Kier molecular flexibility index (Phi) is 5.96. The third kappa shape index (κ3) is 4.31. The molecule has 148 valence electrons. The fourth-order valence-electron chi connectivity index (χ4n) is 2.38. The van der Waals surface area contributed by atoms with Crippen molar-refractivity contribution in [2.75, 3.05) is 13.2 Å². The molecule has 0 bridgehead atoms. The highest BCUT2D eigenvalue weighted by Gasteiger charge is 2.63. The third-order valence-electron chi connectivity index (χ3n) is 3.67. The second-order valence-electron chi connectivity index (χ2n) is 5.83. The summed E-state index contributed by atoms with van der Waals surface area (Å²) in [5.74, 6) is -5.89. The van der Waals surface area contributed by atoms with E-state index in [0.29, 0.717) is 0 Å². The molecule has 1 saturated heterocycles. The SMILES string of the molecule is C=C(C)C(=O)OCC(=O)O[C@H]1[C@@H](CO)O[C@@H](N2C=CC(N)=NC2=C)C1(F)F. The number of aliphatic hydroxyl groups is 1. The van der Waals surface area contributed by atoms with Crippen molar-refractivity contribution in [1.82, 2.24) is 4.90 Å². The van der Waals surface area contributed by atoms with E-state index in [2.05, 4.69) is 22.9 Å². The van der Waals surface area contributed by atoms with Gasteiger partial charge in [-0.05, 0) is 13.0 Å². The van der Waals surface area contributed by atoms with E-state index < -0.39 is 49.5 Å². The van der Waals surface area contributed by atoms with E-state index in [0.717, 1.165) is 4.90 Å². The Morgan fingerprint density at radius 3 is 2.74 bits per heavy atom. The summed E-state index contributed by atoms with van der Waals surface area (Å²) < 4.78 is 44.1. The average Bonchev–Trinajstić information content (AvgIpc) is 2.83. The number of rotatable bonds is 6. The first-order chi connectivity index (χ1) is 12.6. The van der Waals surface area contributed by atoms with E-state index in [9.17, 15) is 23.5 Å². The van der Waals surface area contributed by atoms with Gasteiger partial charge in [-0.15, -0.1) is 0 Å². The van der Waals surface area contributed by atoms with Gasteiger partial charge in [-0.25, -0.2) is 14.6 Å². The van der Waals surface area contributed by atoms with Crippen molar-refractivity contribution in [3.63, 3.8) is 0 Å². The van der Waals surface area contributed by atoms with Crippen molar-refractivity contribution < 1.29 is 37.7 Å². The summed E-state index contributed by atoms with van der Waals surface area (Å²) in [6.45, 7) is 6.46. The van der Waals surface area contributed by atoms with Crippen molar-refractivity contribution in [3.8, 4) is 0 Å². The number of amidine groups is 1. The van der Waals surface area contributed by atoms with E-state index in [4.69, 9.17) is 15.2 Å². The lowest BCUT2D eigenvalue weighted by Gasteiger charge is -2.32. The number of ether oxygens (including phenoxy) is 3. The fraction of sp³-hybridized carbons (Fsp3) is 0.438. The van der Waals surface area contributed by atoms with Crippen LogP contribution in [0.2, 0.25) is 0 Å². The lowest BCUT2D eigenvalue weighted by molar-refractivity contribution is -0.183. The molecule has 0 unspecified atom stereocenters. The molecule has 2 heterocycles. The Balaban J connectivity index is 2.11. The second kappa shape index (κ2) is 7.84. The minimum Gasteiger partial charge on any atom is -0.450 e. The topological polar surface area (TPSA) is 124 Å². The maximum atomic E-state index is 14.8. The molecular formula is C16H19F2N3O6. The zero-order chi connectivity index (χ0) is 20.4. The molecule has 0 saturated carbocycles. The Bertz CT molecular complexity index is 721. The van der Waals surface area contributed by atoms with Crippen LogP contribution in [0.3, 0.4) is 0 Å². The molecule has 0 aromatic rings. The highest BCUT2D eigenvalue weighted by Crippen LogP contribution is 2.41. The van der Waals surface area contributed by atoms with E-state index in [1.54, 1.807) is 0 Å². The van der Waals surface area contributed by atoms with Crippen LogP contribution in [0.15, 0.2) is 41.8 Å². The maximum absolute atomic E-state index is 14.8. The Hall–Kier alpha value is -2.79. The van der Waals surface area contributed by atoms with Crippen LogP contribution in [0.4, 0.5) is 8.78 Å². The van der Waals surface area contributed by atoms with Gasteiger partial charge in [0, 0.05) is 11.8 Å². The van der Waals surface area contributed by atoms with Crippen LogP contribution in [0.25, 0.3) is 0 Å². The smallest absolute Gasteiger partial charge is 0.344 e. The third-order valence-corrected chi connectivity index (χ3v) is 3.67. The van der Waals surface area contributed by atoms with Gasteiger partial charge >= 0.3 is 17.9 Å². The number of aliphatic hydroxyl groups excluding tert-OH is 1. The number of hydrogen-bond donors (Lipinski definition) is 2. The van der Waals surface area contributed by atoms with Crippen LogP contribution in [0.5, 0.6) is 0 Å². The summed E-state index contributed by atoms with van der Waals surface area (Å²) in [7, 11) is 0. The number of halogens is 2. The molecule has 9 nitrogen and oxygen atoms in total. The monoisotopic (exact) mass is 387 g/mol. The number of nitrogens with two attached hydrogens (primary N) is 1. The first-order valence-electron chi connectivity index (χ1n) is 7.73. The van der Waals surface area contributed by atoms with Crippen molar-refractivity contribution in [2.45, 2.75) is 31.3 Å². The first-order valence-corrected chi connectivity index (χ1v) is 7.73. The molecular weight excluding hydrogens is 368 g/mol. The predicted octanol–water partition coefficient (Wildman–Crippen LogP) is 0.0277. The van der Waals surface area contributed by atoms with Crippen molar-refractivity contribution in [3.05, 3.63) is 36.8 Å². The summed E-state index contributed by atoms with van der Waals surface area (Å²) in [5, 5.41) is 9.34. The number of carbonyl (C=O) groups excluding carboxylic acids is 2. The lowest BCUT2D eigenvalue weighted by Crippen LogP contribution is -2.49. The molecule has 0 aliphatic carbocycles. The fourth-order valence-corrected chi connectivity index (χ4v) is 2.38. The van der Waals surface area contributed by atoms with Gasteiger partial charge in [0.1, 0.15) is 17.8 Å². The van der Waals surface area contributed by atoms with Crippen LogP contribution < -0.4 is 5.73 Å². The van der Waals surface area contributed by atoms with Gasteiger partial charge < -0.3 is 30.0 Å². The van der Waals surface area contributed by atoms with E-state index >= 15 is 0 Å². The molecule has 0 spiro atoms. The molecule has 2 rings (SSSR count). The molecule has 2 aliphatic rings. The second-order valence-corrected chi connectivity index (χ2v) is 5.83. The van der Waals surface area contributed by atoms with E-state index in [1.807, 2.05) is 0 Å². The summed E-state index contributed by atoms with van der Waals surface area (Å²) in [6.07, 6.45) is -3.12. The summed E-state index contributed by atoms with van der Waals surface area (Å²) in [6, 6.07) is 0. The number of aliphatic imine (C=N–C) groups is 1. The normalized spacial score (nSPS) is 26.5. The minimum atomic E-state index is -3.74. The molecule has 27 heavy (non-hydrogen) atoms. The Morgan fingerprint density at radius 1 is 1.52 bits per heavy atom. The molecule has 11 heteroatoms. The first kappa shape index (κ1) is 20.5. The number of alkyl halides is 2. The maximum Gasteiger partial charge on any atom is 0.344 e. The van der Waals surface area contributed by atoms with Crippen molar-refractivity contribution in [2.24, 2.45) is 10.7 Å². The summed E-state index contributed by atoms with van der Waals surface area (Å²) in [4.78, 5) is 27.7. The van der Waals surface area contributed by atoms with Crippen LogP contribution in [0, 0.1) is 0 Å². The van der Waals surface area contributed by atoms with Gasteiger partial charge in [0.2, 0.25) is 6.23 Å². The van der Waals surface area contributed by atoms with Crippen LogP contribution in [-0.4, -0.2) is 65.4 Å². The van der Waals surface area contributed by atoms with E-state index in [-0.39, 0.29) is 17.2 Å². The highest BCUT2D eigenvalue weighted by atomic mass is 19.3. The number of carbonyl (C=O) groups is 2. The Morgan fingerprint density at radius 2 is 2.19 bits per heavy atom. The molecule has 3 atom stereocenters. The van der Waals surface area contributed by atoms with Gasteiger partial charge in [-0.2, -0.15) is 8.78 Å². The van der Waals surface area contributed by atoms with Crippen molar-refractivity contribution in [1.29, 1.82) is 0 Å². The summed E-state index contributed by atoms with van der Waals surface area (Å²) in [5.41, 5.74) is 5.50. The summed E-state index contributed by atoms with van der Waals surface area (Å²) >= 11 is 0. The lowest BCUT2D eigenvalue weighted by atomic mass is 10.1. The van der Waals surface area contributed by atoms with Gasteiger partial charge in [0.15, 0.2) is 12.7 Å². The quantitative estimate of drug-likeness (QED) is 0.483. The number of esters is 2. The Labute approximate surface area is 153 Å². The molecule has 0 aromatic carbocycles. The van der Waals surface area contributed by atoms with Crippen molar-refractivity contribution >= 4 is 17.8 Å². The number of nitrogens with zero attached hydrogens (tertiary/aromatic N) is 2. The van der Waals surface area contributed by atoms with Gasteiger partial charge in [-0.3, -0.25) is 0 Å². The van der Waals surface area contributed by atoms with Gasteiger partial charge in [0.05, 0.1) is 6.61 Å². The standard InChI is InChI=1S/C16H19F2N3O6/c1-8(2)14(24)25-7-12(23)27-13-10(6-22)26-15(16(13,17)18)21-5-4-11(19)20-9(21)3/h4-5,10,13,15,22H,1,3,6-7H2,2H3,(H2,19,20)/t10-,13+,15-/m1/s1. The highest BCUT2D eigenvalue weighted by molar-refractivity contribution is 5.92. The average molecular weight is 387 g/mol. The van der Waals surface area contributed by atoms with Crippen LogP contribution >= 0.6 is 0 Å².